The molecule has 3 heterocycles. The summed E-state index contributed by atoms with van der Waals surface area (Å²) in [5, 5.41) is 103. The fourth-order valence-electron chi connectivity index (χ4n) is 12.6. The third-order valence-corrected chi connectivity index (χ3v) is 16.5. The molecule has 5 unspecified atom stereocenters. The molecule has 63 heavy (non-hydrogen) atoms. The van der Waals surface area contributed by atoms with E-state index < -0.39 is 117 Å². The van der Waals surface area contributed by atoms with Crippen molar-refractivity contribution < 1.29 is 89.1 Å². The molecule has 0 spiro atoms. The van der Waals surface area contributed by atoms with E-state index in [4.69, 9.17) is 28.4 Å². The number of allylic oxidation sites excluding steroid dienone is 1. The van der Waals surface area contributed by atoms with Gasteiger partial charge in [0.1, 0.15) is 78.7 Å². The molecule has 0 aromatic heterocycles. The highest BCUT2D eigenvalue weighted by atomic mass is 16.8. The van der Waals surface area contributed by atoms with E-state index in [2.05, 4.69) is 19.9 Å². The van der Waals surface area contributed by atoms with Gasteiger partial charge in [0.15, 0.2) is 18.9 Å². The molecule has 24 atom stereocenters. The largest absolute Gasteiger partial charge is 0.394 e. The number of carbonyl (C=O) groups excluding carboxylic acids is 2. The minimum Gasteiger partial charge on any atom is -0.394 e. The van der Waals surface area contributed by atoms with Crippen molar-refractivity contribution in [1.29, 1.82) is 0 Å². The zero-order valence-electron chi connectivity index (χ0n) is 37.0. The van der Waals surface area contributed by atoms with Crippen molar-refractivity contribution in [3.63, 3.8) is 0 Å². The molecule has 18 nitrogen and oxygen atoms in total. The summed E-state index contributed by atoms with van der Waals surface area (Å²) in [6, 6.07) is 0. The SMILES string of the molecule is CC(CCC(=O)[C@@H](C)C1C(=O)CC2C3CC=C4C[C@@H](O[C@@H]5O[C@H](CO)[C@@H](O)[C@@H](O)[C@H]5O[C@@H]5O[C@H](C)[C@H](O)[C@@H](O)[C@H]5O)CC[C@]4(C)C3CC[C@@]21C)CO[C@@H]1O[C@H](CO)[C@@H](O)[C@@H](O)[C@H]1O. The highest BCUT2D eigenvalue weighted by molar-refractivity contribution is 5.92. The van der Waals surface area contributed by atoms with E-state index in [-0.39, 0.29) is 59.3 Å². The molecule has 0 bridgehead atoms. The molecule has 360 valence electrons. The molecule has 3 saturated carbocycles. The van der Waals surface area contributed by atoms with Crippen molar-refractivity contribution in [1.82, 2.24) is 0 Å². The van der Waals surface area contributed by atoms with Gasteiger partial charge >= 0.3 is 0 Å². The monoisotopic (exact) mass is 900 g/mol. The van der Waals surface area contributed by atoms with Crippen LogP contribution in [0.3, 0.4) is 0 Å². The normalized spacial score (nSPS) is 49.9. The van der Waals surface area contributed by atoms with Gasteiger partial charge in [-0.1, -0.05) is 39.3 Å². The lowest BCUT2D eigenvalue weighted by atomic mass is 9.47. The molecule has 6 fully saturated rings. The zero-order chi connectivity index (χ0) is 45.9. The van der Waals surface area contributed by atoms with Crippen molar-refractivity contribution in [2.24, 2.45) is 46.3 Å². The van der Waals surface area contributed by atoms with Crippen LogP contribution in [0.4, 0.5) is 0 Å². The number of hydrogen-bond acceptors (Lipinski definition) is 18. The standard InChI is InChI=1S/C45H72O18/c1-19(18-58-41-38(56)36(54)33(51)29(16-46)61-41)6-9-27(48)20(2)31-28(49)15-26-24-8-7-22-14-23(10-12-44(22,4)25(24)11-13-45(26,31)5)60-43-40(37(55)34(52)30(17-47)62-43)63-42-39(57)35(53)32(50)21(3)59-42/h7,19-21,23-26,29-43,46-47,50-57H,6,8-18H2,1-5H3/t19?,20-,21-,23+,24?,25?,26?,29-,30-,31?,32+,33-,34-,35-,36-,37-,38-,39-,40-,41-,42+,43-,44+,45+/m1/s1. The van der Waals surface area contributed by atoms with Gasteiger partial charge in [-0.15, -0.1) is 0 Å². The van der Waals surface area contributed by atoms with Gasteiger partial charge in [0.2, 0.25) is 0 Å². The number of Topliss-reactive ketones (excluding diaryl/α,β-unsaturated/α-hetero) is 2. The molecule has 3 aliphatic heterocycles. The molecule has 0 aromatic rings. The van der Waals surface area contributed by atoms with Gasteiger partial charge in [-0.2, -0.15) is 0 Å². The van der Waals surface area contributed by atoms with Crippen LogP contribution in [0.25, 0.3) is 0 Å². The van der Waals surface area contributed by atoms with Crippen LogP contribution in [0.2, 0.25) is 0 Å². The van der Waals surface area contributed by atoms with E-state index in [1.807, 2.05) is 13.8 Å². The number of hydrogen-bond donors (Lipinski definition) is 10. The van der Waals surface area contributed by atoms with Crippen LogP contribution in [0.1, 0.15) is 92.4 Å². The van der Waals surface area contributed by atoms with Crippen molar-refractivity contribution >= 4 is 11.6 Å². The van der Waals surface area contributed by atoms with Crippen LogP contribution in [0.5, 0.6) is 0 Å². The Morgan fingerprint density at radius 3 is 2.08 bits per heavy atom. The predicted molar refractivity (Wildman–Crippen MR) is 218 cm³/mol. The lowest BCUT2D eigenvalue weighted by molar-refractivity contribution is -0.369. The molecule has 0 radical (unpaired) electrons. The van der Waals surface area contributed by atoms with Gasteiger partial charge in [0.05, 0.1) is 32.0 Å². The van der Waals surface area contributed by atoms with Crippen LogP contribution < -0.4 is 0 Å². The fraction of sp³-hybridized carbons (Fsp3) is 0.911. The molecule has 0 aromatic carbocycles. The summed E-state index contributed by atoms with van der Waals surface area (Å²) in [5.74, 6) is -0.137. The van der Waals surface area contributed by atoms with Gasteiger partial charge in [0, 0.05) is 24.7 Å². The second kappa shape index (κ2) is 19.6. The molecule has 7 aliphatic rings. The molecule has 3 saturated heterocycles. The summed E-state index contributed by atoms with van der Waals surface area (Å²) < 4.78 is 35.1. The number of fused-ring (bicyclic) bond motifs is 5. The molecular weight excluding hydrogens is 828 g/mol. The van der Waals surface area contributed by atoms with Crippen molar-refractivity contribution in [3.8, 4) is 0 Å². The van der Waals surface area contributed by atoms with E-state index in [0.717, 1.165) is 25.7 Å². The molecule has 7 rings (SSSR count). The molecular formula is C45H72O18. The third-order valence-electron chi connectivity index (χ3n) is 16.5. The van der Waals surface area contributed by atoms with Crippen molar-refractivity contribution in [3.05, 3.63) is 11.6 Å². The first-order valence-corrected chi connectivity index (χ1v) is 23.1. The molecule has 4 aliphatic carbocycles. The van der Waals surface area contributed by atoms with Gasteiger partial charge in [-0.05, 0) is 86.4 Å². The summed E-state index contributed by atoms with van der Waals surface area (Å²) in [6.07, 6.45) is -13.4. The summed E-state index contributed by atoms with van der Waals surface area (Å²) in [6.45, 7) is 8.71. The maximum absolute atomic E-state index is 14.0. The Hall–Kier alpha value is -1.56. The van der Waals surface area contributed by atoms with Crippen molar-refractivity contribution in [2.45, 2.75) is 191 Å². The number of aliphatic hydroxyl groups excluding tert-OH is 10. The van der Waals surface area contributed by atoms with E-state index in [1.165, 1.54) is 12.5 Å². The van der Waals surface area contributed by atoms with Gasteiger partial charge in [-0.3, -0.25) is 9.59 Å². The summed E-state index contributed by atoms with van der Waals surface area (Å²) >= 11 is 0. The summed E-state index contributed by atoms with van der Waals surface area (Å²) in [7, 11) is 0. The first kappa shape index (κ1) is 49.3. The second-order valence-corrected chi connectivity index (χ2v) is 20.4. The first-order valence-electron chi connectivity index (χ1n) is 23.1. The average Bonchev–Trinajstić information content (AvgIpc) is 3.54. The highest BCUT2D eigenvalue weighted by Crippen LogP contribution is 2.66. The number of ketones is 2. The fourth-order valence-corrected chi connectivity index (χ4v) is 12.6. The van der Waals surface area contributed by atoms with Gasteiger partial charge in [-0.25, -0.2) is 0 Å². The lowest BCUT2D eigenvalue weighted by Crippen LogP contribution is -2.64. The number of carbonyl (C=O) groups is 2. The smallest absolute Gasteiger partial charge is 0.187 e. The number of rotatable bonds is 14. The summed E-state index contributed by atoms with van der Waals surface area (Å²) in [5.41, 5.74) is 0.735. The number of aliphatic hydroxyl groups is 10. The first-order chi connectivity index (χ1) is 29.7. The maximum Gasteiger partial charge on any atom is 0.187 e. The average molecular weight is 901 g/mol. The Morgan fingerprint density at radius 2 is 1.40 bits per heavy atom. The van der Waals surface area contributed by atoms with Gasteiger partial charge < -0.3 is 79.5 Å². The molecule has 18 heteroatoms. The van der Waals surface area contributed by atoms with Crippen molar-refractivity contribution in [2.75, 3.05) is 19.8 Å². The minimum absolute atomic E-state index is 0.0171. The third kappa shape index (κ3) is 9.24. The Balaban J connectivity index is 0.964. The Kier molecular flexibility index (Phi) is 15.3. The van der Waals surface area contributed by atoms with E-state index in [9.17, 15) is 60.7 Å². The second-order valence-electron chi connectivity index (χ2n) is 20.4. The van der Waals surface area contributed by atoms with Crippen LogP contribution in [-0.2, 0) is 38.0 Å². The van der Waals surface area contributed by atoms with E-state index in [0.29, 0.717) is 31.6 Å². The van der Waals surface area contributed by atoms with Crippen LogP contribution in [0.15, 0.2) is 11.6 Å². The highest BCUT2D eigenvalue weighted by Gasteiger charge is 2.63. The lowest BCUT2D eigenvalue weighted by Gasteiger charge is -2.58. The van der Waals surface area contributed by atoms with Crippen LogP contribution in [-0.4, -0.2) is 181 Å². The van der Waals surface area contributed by atoms with Crippen LogP contribution in [0, 0.1) is 46.3 Å². The Labute approximate surface area is 368 Å². The molecule has 10 N–H and O–H groups in total. The Morgan fingerprint density at radius 1 is 0.762 bits per heavy atom. The van der Waals surface area contributed by atoms with E-state index >= 15 is 0 Å². The Bertz CT molecular complexity index is 1630. The topological polar surface area (TPSA) is 292 Å². The quantitative estimate of drug-likeness (QED) is 0.0957. The van der Waals surface area contributed by atoms with E-state index in [1.54, 1.807) is 0 Å². The number of ether oxygens (including phenoxy) is 6. The zero-order valence-corrected chi connectivity index (χ0v) is 37.0. The maximum atomic E-state index is 14.0. The van der Waals surface area contributed by atoms with Crippen LogP contribution >= 0.6 is 0 Å². The summed E-state index contributed by atoms with van der Waals surface area (Å²) in [4.78, 5) is 27.8. The minimum atomic E-state index is -1.67. The van der Waals surface area contributed by atoms with Gasteiger partial charge in [0.25, 0.3) is 0 Å². The molecule has 0 amide bonds. The predicted octanol–water partition coefficient (Wildman–Crippen LogP) is -0.781.